The van der Waals surface area contributed by atoms with Gasteiger partial charge in [-0.2, -0.15) is 0 Å². The molecular formula is C14H28N2O3. The summed E-state index contributed by atoms with van der Waals surface area (Å²) in [5, 5.41) is 5.99. The standard InChI is InChI=1S/C14H28N2O3/c1-10(2)9-12(14(18)19-5)16-13(17)7-6-8-15-11(3)4/h10-12,15H,6-9H2,1-5H3,(H,16,17)/t12-/m0/s1. The van der Waals surface area contributed by atoms with Gasteiger partial charge in [-0.05, 0) is 25.3 Å². The molecule has 0 aromatic carbocycles. The van der Waals surface area contributed by atoms with Crippen molar-refractivity contribution in [3.8, 4) is 0 Å². The third-order valence-corrected chi connectivity index (χ3v) is 2.66. The molecule has 1 atom stereocenters. The molecule has 0 rings (SSSR count). The molecule has 0 heterocycles. The highest BCUT2D eigenvalue weighted by molar-refractivity contribution is 5.84. The van der Waals surface area contributed by atoms with Gasteiger partial charge in [-0.1, -0.05) is 27.7 Å². The Morgan fingerprint density at radius 3 is 2.26 bits per heavy atom. The maximum Gasteiger partial charge on any atom is 0.328 e. The van der Waals surface area contributed by atoms with Gasteiger partial charge < -0.3 is 15.4 Å². The summed E-state index contributed by atoms with van der Waals surface area (Å²) in [5.74, 6) is -0.143. The molecule has 0 spiro atoms. The number of hydrogen-bond acceptors (Lipinski definition) is 4. The van der Waals surface area contributed by atoms with Crippen LogP contribution in [0.4, 0.5) is 0 Å². The summed E-state index contributed by atoms with van der Waals surface area (Å²) < 4.78 is 4.71. The number of ether oxygens (including phenoxy) is 1. The average molecular weight is 272 g/mol. The molecular weight excluding hydrogens is 244 g/mol. The van der Waals surface area contributed by atoms with Crippen LogP contribution in [0.1, 0.15) is 47.0 Å². The van der Waals surface area contributed by atoms with Crippen LogP contribution in [0.3, 0.4) is 0 Å². The minimum Gasteiger partial charge on any atom is -0.467 e. The number of methoxy groups -OCH3 is 1. The van der Waals surface area contributed by atoms with Gasteiger partial charge in [0.15, 0.2) is 0 Å². The molecule has 0 radical (unpaired) electrons. The van der Waals surface area contributed by atoms with E-state index in [4.69, 9.17) is 4.74 Å². The third-order valence-electron chi connectivity index (χ3n) is 2.66. The van der Waals surface area contributed by atoms with Crippen molar-refractivity contribution >= 4 is 11.9 Å². The minimum atomic E-state index is -0.532. The van der Waals surface area contributed by atoms with Crippen LogP contribution in [0.5, 0.6) is 0 Å². The number of amides is 1. The van der Waals surface area contributed by atoms with Crippen molar-refractivity contribution in [3.63, 3.8) is 0 Å². The second-order valence-electron chi connectivity index (χ2n) is 5.49. The topological polar surface area (TPSA) is 67.4 Å². The molecule has 0 fully saturated rings. The first-order valence-corrected chi connectivity index (χ1v) is 6.97. The molecule has 5 nitrogen and oxygen atoms in total. The first kappa shape index (κ1) is 17.9. The number of nitrogens with one attached hydrogen (secondary N) is 2. The SMILES string of the molecule is COC(=O)[C@H](CC(C)C)NC(=O)CCCNC(C)C. The van der Waals surface area contributed by atoms with Crippen molar-refractivity contribution in [2.24, 2.45) is 5.92 Å². The molecule has 0 aliphatic carbocycles. The van der Waals surface area contributed by atoms with Crippen LogP contribution in [0.15, 0.2) is 0 Å². The van der Waals surface area contributed by atoms with E-state index < -0.39 is 6.04 Å². The van der Waals surface area contributed by atoms with Crippen LogP contribution in [0.25, 0.3) is 0 Å². The van der Waals surface area contributed by atoms with Crippen LogP contribution in [0.2, 0.25) is 0 Å². The van der Waals surface area contributed by atoms with E-state index >= 15 is 0 Å². The van der Waals surface area contributed by atoms with Gasteiger partial charge in [0, 0.05) is 12.5 Å². The highest BCUT2D eigenvalue weighted by Crippen LogP contribution is 2.06. The van der Waals surface area contributed by atoms with Gasteiger partial charge in [-0.25, -0.2) is 4.79 Å². The monoisotopic (exact) mass is 272 g/mol. The third kappa shape index (κ3) is 9.47. The van der Waals surface area contributed by atoms with E-state index in [1.807, 2.05) is 13.8 Å². The van der Waals surface area contributed by atoms with E-state index in [0.29, 0.717) is 24.8 Å². The Bertz CT molecular complexity index is 278. The molecule has 2 N–H and O–H groups in total. The van der Waals surface area contributed by atoms with Crippen molar-refractivity contribution in [3.05, 3.63) is 0 Å². The zero-order valence-corrected chi connectivity index (χ0v) is 12.8. The molecule has 5 heteroatoms. The van der Waals surface area contributed by atoms with Crippen molar-refractivity contribution in [2.45, 2.75) is 59.0 Å². The molecule has 0 aliphatic heterocycles. The van der Waals surface area contributed by atoms with Crippen LogP contribution >= 0.6 is 0 Å². The average Bonchev–Trinajstić information content (AvgIpc) is 2.32. The maximum absolute atomic E-state index is 11.8. The van der Waals surface area contributed by atoms with Crippen LogP contribution in [-0.2, 0) is 14.3 Å². The van der Waals surface area contributed by atoms with Crippen molar-refractivity contribution in [1.29, 1.82) is 0 Å². The number of carbonyl (C=O) groups is 2. The summed E-state index contributed by atoms with van der Waals surface area (Å²) in [6.07, 6.45) is 1.79. The Kier molecular flexibility index (Phi) is 9.21. The lowest BCUT2D eigenvalue weighted by molar-refractivity contribution is -0.145. The molecule has 0 aliphatic rings. The van der Waals surface area contributed by atoms with Crippen molar-refractivity contribution in [2.75, 3.05) is 13.7 Å². The molecule has 0 unspecified atom stereocenters. The van der Waals surface area contributed by atoms with Crippen molar-refractivity contribution < 1.29 is 14.3 Å². The fourth-order valence-corrected chi connectivity index (χ4v) is 1.73. The predicted molar refractivity (Wildman–Crippen MR) is 75.8 cm³/mol. The number of carbonyl (C=O) groups excluding carboxylic acids is 2. The molecule has 0 aromatic heterocycles. The summed E-state index contributed by atoms with van der Waals surface area (Å²) in [6.45, 7) is 8.95. The molecule has 19 heavy (non-hydrogen) atoms. The van der Waals surface area contributed by atoms with E-state index in [-0.39, 0.29) is 11.9 Å². The zero-order valence-electron chi connectivity index (χ0n) is 12.8. The second kappa shape index (κ2) is 9.78. The minimum absolute atomic E-state index is 0.0957. The van der Waals surface area contributed by atoms with Gasteiger partial charge in [-0.15, -0.1) is 0 Å². The summed E-state index contributed by atoms with van der Waals surface area (Å²) in [4.78, 5) is 23.3. The smallest absolute Gasteiger partial charge is 0.328 e. The molecule has 0 bridgehead atoms. The molecule has 1 amide bonds. The fourth-order valence-electron chi connectivity index (χ4n) is 1.73. The van der Waals surface area contributed by atoms with Gasteiger partial charge in [0.05, 0.1) is 7.11 Å². The molecule has 0 aromatic rings. The first-order chi connectivity index (χ1) is 8.86. The van der Waals surface area contributed by atoms with Gasteiger partial charge in [0.1, 0.15) is 6.04 Å². The summed E-state index contributed by atoms with van der Waals surface area (Å²) in [6, 6.07) is -0.109. The van der Waals surface area contributed by atoms with E-state index in [1.165, 1.54) is 7.11 Å². The normalized spacial score (nSPS) is 12.6. The van der Waals surface area contributed by atoms with Crippen LogP contribution < -0.4 is 10.6 Å². The maximum atomic E-state index is 11.8. The van der Waals surface area contributed by atoms with E-state index in [1.54, 1.807) is 0 Å². The quantitative estimate of drug-likeness (QED) is 0.493. The highest BCUT2D eigenvalue weighted by Gasteiger charge is 2.22. The molecule has 0 saturated heterocycles. The van der Waals surface area contributed by atoms with E-state index in [9.17, 15) is 9.59 Å². The lowest BCUT2D eigenvalue weighted by atomic mass is 10.0. The lowest BCUT2D eigenvalue weighted by Gasteiger charge is -2.18. The van der Waals surface area contributed by atoms with Gasteiger partial charge in [0.25, 0.3) is 0 Å². The van der Waals surface area contributed by atoms with E-state index in [0.717, 1.165) is 13.0 Å². The Morgan fingerprint density at radius 2 is 1.79 bits per heavy atom. The summed E-state index contributed by atoms with van der Waals surface area (Å²) in [5.41, 5.74) is 0. The van der Waals surface area contributed by atoms with Gasteiger partial charge in [-0.3, -0.25) is 4.79 Å². The Hall–Kier alpha value is -1.10. The largest absolute Gasteiger partial charge is 0.467 e. The van der Waals surface area contributed by atoms with Crippen LogP contribution in [-0.4, -0.2) is 37.6 Å². The number of hydrogen-bond donors (Lipinski definition) is 2. The Balaban J connectivity index is 4.05. The predicted octanol–water partition coefficient (Wildman–Crippen LogP) is 1.47. The Labute approximate surface area is 116 Å². The first-order valence-electron chi connectivity index (χ1n) is 6.97. The molecule has 0 saturated carbocycles. The number of esters is 1. The van der Waals surface area contributed by atoms with Gasteiger partial charge in [0.2, 0.25) is 5.91 Å². The number of rotatable bonds is 9. The second-order valence-corrected chi connectivity index (χ2v) is 5.49. The van der Waals surface area contributed by atoms with Crippen LogP contribution in [0, 0.1) is 5.92 Å². The molecule has 112 valence electrons. The fraction of sp³-hybridized carbons (Fsp3) is 0.857. The van der Waals surface area contributed by atoms with E-state index in [2.05, 4.69) is 24.5 Å². The summed E-state index contributed by atoms with van der Waals surface area (Å²) >= 11 is 0. The Morgan fingerprint density at radius 1 is 1.16 bits per heavy atom. The zero-order chi connectivity index (χ0) is 14.8. The van der Waals surface area contributed by atoms with Crippen molar-refractivity contribution in [1.82, 2.24) is 10.6 Å². The highest BCUT2D eigenvalue weighted by atomic mass is 16.5. The van der Waals surface area contributed by atoms with Gasteiger partial charge >= 0.3 is 5.97 Å². The lowest BCUT2D eigenvalue weighted by Crippen LogP contribution is -2.42. The summed E-state index contributed by atoms with van der Waals surface area (Å²) in [7, 11) is 1.34.